The van der Waals surface area contributed by atoms with Crippen LogP contribution in [0.25, 0.3) is 0 Å². The number of aromatic amines is 1. The molecule has 2 atom stereocenters. The molecule has 3 heterocycles. The predicted octanol–water partition coefficient (Wildman–Crippen LogP) is 2.33. The van der Waals surface area contributed by atoms with Gasteiger partial charge in [0.25, 0.3) is 11.8 Å². The van der Waals surface area contributed by atoms with Gasteiger partial charge in [-0.15, -0.1) is 0 Å². The Labute approximate surface area is 134 Å². The summed E-state index contributed by atoms with van der Waals surface area (Å²) in [5, 5.41) is 3.68. The summed E-state index contributed by atoms with van der Waals surface area (Å²) in [6.45, 7) is 3.79. The molecule has 0 aromatic carbocycles. The largest absolute Gasteiger partial charge is 0.431 e. The highest BCUT2D eigenvalue weighted by Gasteiger charge is 2.36. The molecule has 0 unspecified atom stereocenters. The van der Waals surface area contributed by atoms with E-state index in [0.29, 0.717) is 5.82 Å². The Morgan fingerprint density at radius 1 is 1.42 bits per heavy atom. The molecule has 1 N–H and O–H groups in total. The number of carbonyl (C=O) groups is 1. The van der Waals surface area contributed by atoms with Crippen LogP contribution in [-0.2, 0) is 10.9 Å². The molecule has 3 rings (SSSR count). The highest BCUT2D eigenvalue weighted by Crippen LogP contribution is 2.30. The minimum atomic E-state index is -4.53. The number of rotatable bonds is 2. The Morgan fingerprint density at radius 2 is 2.17 bits per heavy atom. The van der Waals surface area contributed by atoms with E-state index in [9.17, 15) is 18.0 Å². The zero-order chi connectivity index (χ0) is 17.5. The third-order valence-corrected chi connectivity index (χ3v) is 3.60. The Kier molecular flexibility index (Phi) is 4.08. The third kappa shape index (κ3) is 3.28. The number of amides is 1. The second-order valence-electron chi connectivity index (χ2n) is 5.63. The lowest BCUT2D eigenvalue weighted by Gasteiger charge is -2.35. The van der Waals surface area contributed by atoms with Crippen molar-refractivity contribution >= 4 is 5.91 Å². The lowest BCUT2D eigenvalue weighted by atomic mass is 10.2. The number of halogens is 3. The summed E-state index contributed by atoms with van der Waals surface area (Å²) in [4.78, 5) is 20.1. The summed E-state index contributed by atoms with van der Waals surface area (Å²) in [5.41, 5.74) is -1.02. The lowest BCUT2D eigenvalue weighted by Crippen LogP contribution is -2.46. The average molecular weight is 344 g/mol. The van der Waals surface area contributed by atoms with Crippen molar-refractivity contribution in [3.63, 3.8) is 0 Å². The molecule has 10 heteroatoms. The number of H-pyrrole nitrogens is 1. The van der Waals surface area contributed by atoms with Crippen molar-refractivity contribution < 1.29 is 27.2 Å². The Bertz CT molecular complexity index is 740. The van der Waals surface area contributed by atoms with Crippen LogP contribution in [0.15, 0.2) is 16.8 Å². The monoisotopic (exact) mass is 344 g/mol. The van der Waals surface area contributed by atoms with E-state index in [1.807, 2.05) is 0 Å². The van der Waals surface area contributed by atoms with Gasteiger partial charge < -0.3 is 19.1 Å². The second-order valence-corrected chi connectivity index (χ2v) is 5.63. The number of alkyl halides is 3. The summed E-state index contributed by atoms with van der Waals surface area (Å²) in [5.74, 6) is 0.158. The fourth-order valence-electron chi connectivity index (χ4n) is 2.56. The molecule has 1 fully saturated rings. The van der Waals surface area contributed by atoms with Gasteiger partial charge in [-0.25, -0.2) is 0 Å². The quantitative estimate of drug-likeness (QED) is 0.904. The van der Waals surface area contributed by atoms with Crippen LogP contribution in [0.5, 0.6) is 0 Å². The molecule has 0 saturated carbocycles. The van der Waals surface area contributed by atoms with Crippen molar-refractivity contribution in [2.75, 3.05) is 13.1 Å². The van der Waals surface area contributed by atoms with Crippen LogP contribution in [0.2, 0.25) is 0 Å². The molecular formula is C14H15F3N4O3. The molecule has 0 bridgehead atoms. The zero-order valence-corrected chi connectivity index (χ0v) is 12.9. The van der Waals surface area contributed by atoms with Gasteiger partial charge in [0.2, 0.25) is 0 Å². The summed E-state index contributed by atoms with van der Waals surface area (Å²) < 4.78 is 48.7. The Balaban J connectivity index is 1.77. The van der Waals surface area contributed by atoms with Crippen molar-refractivity contribution in [2.24, 2.45) is 0 Å². The number of aromatic nitrogens is 3. The molecule has 0 aliphatic carbocycles. The van der Waals surface area contributed by atoms with Gasteiger partial charge in [0.1, 0.15) is 5.69 Å². The van der Waals surface area contributed by atoms with Crippen LogP contribution in [0.1, 0.15) is 40.8 Å². The summed E-state index contributed by atoms with van der Waals surface area (Å²) in [6, 6.07) is 0.800. The van der Waals surface area contributed by atoms with Gasteiger partial charge in [0, 0.05) is 12.7 Å². The highest BCUT2D eigenvalue weighted by atomic mass is 19.4. The first-order chi connectivity index (χ1) is 11.2. The van der Waals surface area contributed by atoms with Crippen molar-refractivity contribution in [3.05, 3.63) is 35.2 Å². The number of carbonyl (C=O) groups excluding carboxylic acids is 1. The van der Waals surface area contributed by atoms with E-state index in [4.69, 9.17) is 9.26 Å². The topological polar surface area (TPSA) is 84.2 Å². The second kappa shape index (κ2) is 5.93. The maximum absolute atomic E-state index is 12.7. The van der Waals surface area contributed by atoms with Gasteiger partial charge in [-0.05, 0) is 19.9 Å². The molecule has 2 aromatic rings. The minimum Gasteiger partial charge on any atom is -0.362 e. The van der Waals surface area contributed by atoms with E-state index in [-0.39, 0.29) is 30.6 Å². The van der Waals surface area contributed by atoms with Crippen LogP contribution in [0.4, 0.5) is 13.2 Å². The maximum atomic E-state index is 12.7. The van der Waals surface area contributed by atoms with Crippen LogP contribution >= 0.6 is 0 Å². The number of hydrogen-bond acceptors (Lipinski definition) is 5. The van der Waals surface area contributed by atoms with Crippen molar-refractivity contribution in [1.29, 1.82) is 0 Å². The van der Waals surface area contributed by atoms with Crippen LogP contribution in [0.3, 0.4) is 0 Å². The van der Waals surface area contributed by atoms with E-state index in [1.165, 1.54) is 4.90 Å². The van der Waals surface area contributed by atoms with Gasteiger partial charge in [-0.3, -0.25) is 4.79 Å². The summed E-state index contributed by atoms with van der Waals surface area (Å²) in [7, 11) is 0. The smallest absolute Gasteiger partial charge is 0.362 e. The van der Waals surface area contributed by atoms with Crippen LogP contribution in [0, 0.1) is 6.92 Å². The third-order valence-electron chi connectivity index (χ3n) is 3.60. The number of nitrogens with zero attached hydrogens (tertiary/aromatic N) is 3. The van der Waals surface area contributed by atoms with Crippen LogP contribution in [-0.4, -0.2) is 45.1 Å². The minimum absolute atomic E-state index is 0.0584. The SMILES string of the molecule is Cc1noc([C@H]2CN(C(=O)c3c[nH]c(C(F)(F)F)c3)C[C@@H](C)O2)n1. The normalized spacial score (nSPS) is 22.0. The molecule has 24 heavy (non-hydrogen) atoms. The Hall–Kier alpha value is -2.36. The molecule has 0 spiro atoms. The number of morpholine rings is 1. The molecular weight excluding hydrogens is 329 g/mol. The predicted molar refractivity (Wildman–Crippen MR) is 74.0 cm³/mol. The van der Waals surface area contributed by atoms with Gasteiger partial charge in [0.15, 0.2) is 11.9 Å². The Morgan fingerprint density at radius 3 is 2.75 bits per heavy atom. The van der Waals surface area contributed by atoms with E-state index >= 15 is 0 Å². The van der Waals surface area contributed by atoms with Gasteiger partial charge in [-0.1, -0.05) is 5.16 Å². The maximum Gasteiger partial charge on any atom is 0.431 e. The van der Waals surface area contributed by atoms with Gasteiger partial charge in [0.05, 0.1) is 18.2 Å². The molecule has 7 nitrogen and oxygen atoms in total. The summed E-state index contributed by atoms with van der Waals surface area (Å²) in [6.07, 6.45) is -4.40. The van der Waals surface area contributed by atoms with Gasteiger partial charge >= 0.3 is 6.18 Å². The fourth-order valence-corrected chi connectivity index (χ4v) is 2.56. The number of aryl methyl sites for hydroxylation is 1. The highest BCUT2D eigenvalue weighted by molar-refractivity contribution is 5.94. The molecule has 2 aromatic heterocycles. The molecule has 1 saturated heterocycles. The van der Waals surface area contributed by atoms with Crippen molar-refractivity contribution in [1.82, 2.24) is 20.0 Å². The number of ether oxygens (including phenoxy) is 1. The first-order valence-electron chi connectivity index (χ1n) is 7.24. The fraction of sp³-hybridized carbons (Fsp3) is 0.500. The first kappa shape index (κ1) is 16.5. The first-order valence-corrected chi connectivity index (χ1v) is 7.24. The molecule has 1 aliphatic heterocycles. The standard InChI is InChI=1S/C14H15F3N4O3/c1-7-5-21(6-10(23-7)12-19-8(2)20-24-12)13(22)9-3-11(18-4-9)14(15,16)17/h3-4,7,10,18H,5-6H2,1-2H3/t7-,10-/m1/s1. The van der Waals surface area contributed by atoms with E-state index in [2.05, 4.69) is 15.1 Å². The summed E-state index contributed by atoms with van der Waals surface area (Å²) >= 11 is 0. The van der Waals surface area contributed by atoms with E-state index in [0.717, 1.165) is 12.3 Å². The van der Waals surface area contributed by atoms with Crippen LogP contribution < -0.4 is 0 Å². The average Bonchev–Trinajstić information content (AvgIpc) is 3.14. The molecule has 0 radical (unpaired) electrons. The van der Waals surface area contributed by atoms with Gasteiger partial charge in [-0.2, -0.15) is 18.2 Å². The van der Waals surface area contributed by atoms with Crippen molar-refractivity contribution in [3.8, 4) is 0 Å². The van der Waals surface area contributed by atoms with Crippen molar-refractivity contribution in [2.45, 2.75) is 32.2 Å². The molecule has 1 amide bonds. The molecule has 1 aliphatic rings. The molecule has 130 valence electrons. The van der Waals surface area contributed by atoms with E-state index in [1.54, 1.807) is 13.8 Å². The number of nitrogens with one attached hydrogen (secondary N) is 1. The van der Waals surface area contributed by atoms with E-state index < -0.39 is 23.9 Å². The number of hydrogen-bond donors (Lipinski definition) is 1. The lowest BCUT2D eigenvalue weighted by molar-refractivity contribution is -0.140. The zero-order valence-electron chi connectivity index (χ0n) is 12.9.